The van der Waals surface area contributed by atoms with Gasteiger partial charge in [0, 0.05) is 31.1 Å². The van der Waals surface area contributed by atoms with Crippen molar-refractivity contribution in [2.75, 3.05) is 18.8 Å². The van der Waals surface area contributed by atoms with Gasteiger partial charge in [-0.3, -0.25) is 0 Å². The third-order valence-electron chi connectivity index (χ3n) is 7.42. The summed E-state index contributed by atoms with van der Waals surface area (Å²) in [4.78, 5) is 27.7. The quantitative estimate of drug-likeness (QED) is 0.345. The summed E-state index contributed by atoms with van der Waals surface area (Å²) in [7, 11) is 0. The molecule has 10 nitrogen and oxygen atoms in total. The average Bonchev–Trinajstić information content (AvgIpc) is 3.37. The zero-order valence-corrected chi connectivity index (χ0v) is 21.5. The van der Waals surface area contributed by atoms with Gasteiger partial charge in [-0.2, -0.15) is 5.10 Å². The van der Waals surface area contributed by atoms with Crippen LogP contribution in [0, 0.1) is 17.7 Å². The molecule has 1 aliphatic carbocycles. The van der Waals surface area contributed by atoms with E-state index in [0.717, 1.165) is 23.9 Å². The van der Waals surface area contributed by atoms with E-state index in [1.807, 2.05) is 34.9 Å². The fourth-order valence-electron chi connectivity index (χ4n) is 5.19. The van der Waals surface area contributed by atoms with Gasteiger partial charge >= 0.3 is 6.09 Å². The first-order valence-electron chi connectivity index (χ1n) is 13.2. The fraction of sp³-hybridized carbons (Fsp3) is 0.276. The van der Waals surface area contributed by atoms with Gasteiger partial charge in [-0.15, -0.1) is 0 Å². The van der Waals surface area contributed by atoms with Gasteiger partial charge in [0.05, 0.1) is 22.9 Å². The highest BCUT2D eigenvalue weighted by Crippen LogP contribution is 2.37. The molecule has 1 aliphatic heterocycles. The van der Waals surface area contributed by atoms with Crippen LogP contribution in [0.3, 0.4) is 0 Å². The van der Waals surface area contributed by atoms with Crippen LogP contribution in [-0.2, 0) is 11.3 Å². The van der Waals surface area contributed by atoms with Gasteiger partial charge in [0.1, 0.15) is 35.8 Å². The van der Waals surface area contributed by atoms with Gasteiger partial charge in [0.25, 0.3) is 0 Å². The maximum atomic E-state index is 15.0. The SMILES string of the molecule is Nc1ncnn2c([C@H]3CCN(C(=O)OCc4ccccc4)C3)nc(C#Cc3cc4ncn(C5CC5)c4cc3F)c12. The molecule has 4 heterocycles. The number of rotatable bonds is 4. The maximum Gasteiger partial charge on any atom is 0.410 e. The molecule has 5 aromatic rings. The van der Waals surface area contributed by atoms with E-state index in [0.29, 0.717) is 48.1 Å². The zero-order chi connectivity index (χ0) is 27.2. The van der Waals surface area contributed by atoms with E-state index in [4.69, 9.17) is 15.5 Å². The van der Waals surface area contributed by atoms with Crippen molar-refractivity contribution in [1.29, 1.82) is 0 Å². The number of hydrogen-bond acceptors (Lipinski definition) is 7. The van der Waals surface area contributed by atoms with E-state index < -0.39 is 5.82 Å². The molecule has 1 amide bonds. The predicted octanol–water partition coefficient (Wildman–Crippen LogP) is 4.06. The first kappa shape index (κ1) is 24.1. The Kier molecular flexibility index (Phi) is 5.81. The molecule has 0 radical (unpaired) electrons. The number of anilines is 1. The van der Waals surface area contributed by atoms with Crippen LogP contribution < -0.4 is 5.73 Å². The first-order valence-corrected chi connectivity index (χ1v) is 13.2. The first-order chi connectivity index (χ1) is 19.5. The van der Waals surface area contributed by atoms with Gasteiger partial charge < -0.3 is 19.9 Å². The smallest absolute Gasteiger partial charge is 0.410 e. The van der Waals surface area contributed by atoms with Crippen molar-refractivity contribution in [2.24, 2.45) is 0 Å². The van der Waals surface area contributed by atoms with E-state index in [1.54, 1.807) is 21.8 Å². The second kappa shape index (κ2) is 9.64. The minimum atomic E-state index is -0.421. The number of carbonyl (C=O) groups is 1. The van der Waals surface area contributed by atoms with E-state index >= 15 is 4.39 Å². The second-order valence-electron chi connectivity index (χ2n) is 10.1. The Bertz CT molecular complexity index is 1820. The molecular weight excluding hydrogens is 511 g/mol. The van der Waals surface area contributed by atoms with Crippen molar-refractivity contribution >= 4 is 28.5 Å². The molecule has 11 heteroatoms. The third kappa shape index (κ3) is 4.37. The van der Waals surface area contributed by atoms with Crippen molar-refractivity contribution in [1.82, 2.24) is 34.0 Å². The fourth-order valence-corrected chi connectivity index (χ4v) is 5.19. The largest absolute Gasteiger partial charge is 0.445 e. The maximum absolute atomic E-state index is 15.0. The number of ether oxygens (including phenoxy) is 1. The lowest BCUT2D eigenvalue weighted by molar-refractivity contribution is 0.104. The summed E-state index contributed by atoms with van der Waals surface area (Å²) >= 11 is 0. The molecule has 2 fully saturated rings. The highest BCUT2D eigenvalue weighted by Gasteiger charge is 2.32. The monoisotopic (exact) mass is 536 g/mol. The lowest BCUT2D eigenvalue weighted by atomic mass is 10.1. The van der Waals surface area contributed by atoms with Gasteiger partial charge in [-0.25, -0.2) is 28.7 Å². The Morgan fingerprint density at radius 1 is 1.12 bits per heavy atom. The van der Waals surface area contributed by atoms with E-state index in [2.05, 4.69) is 26.9 Å². The van der Waals surface area contributed by atoms with Crippen LogP contribution in [0.15, 0.2) is 55.1 Å². The molecule has 40 heavy (non-hydrogen) atoms. The van der Waals surface area contributed by atoms with Crippen LogP contribution in [0.25, 0.3) is 16.6 Å². The molecular formula is C29H25FN8O2. The van der Waals surface area contributed by atoms with Crippen LogP contribution in [0.1, 0.15) is 53.9 Å². The topological polar surface area (TPSA) is 116 Å². The third-order valence-corrected chi connectivity index (χ3v) is 7.42. The molecule has 2 aromatic carbocycles. The number of imidazole rings is 2. The molecule has 0 spiro atoms. The minimum Gasteiger partial charge on any atom is -0.445 e. The number of likely N-dealkylation sites (tertiary alicyclic amines) is 1. The Labute approximate surface area is 228 Å². The van der Waals surface area contributed by atoms with Gasteiger partial charge in [0.2, 0.25) is 0 Å². The highest BCUT2D eigenvalue weighted by atomic mass is 19.1. The van der Waals surface area contributed by atoms with Crippen molar-refractivity contribution in [3.8, 4) is 11.8 Å². The van der Waals surface area contributed by atoms with Crippen molar-refractivity contribution in [3.05, 3.63) is 83.6 Å². The summed E-state index contributed by atoms with van der Waals surface area (Å²) in [5.41, 5.74) is 9.61. The molecule has 1 saturated carbocycles. The van der Waals surface area contributed by atoms with Gasteiger partial charge in [-0.1, -0.05) is 36.3 Å². The van der Waals surface area contributed by atoms with Crippen LogP contribution in [0.5, 0.6) is 0 Å². The summed E-state index contributed by atoms with van der Waals surface area (Å²) in [5, 5.41) is 4.37. The molecule has 7 rings (SSSR count). The number of aromatic nitrogens is 6. The molecule has 2 aliphatic rings. The number of fused-ring (bicyclic) bond motifs is 2. The summed E-state index contributed by atoms with van der Waals surface area (Å²) < 4.78 is 24.2. The Balaban J connectivity index is 1.15. The normalized spacial score (nSPS) is 16.8. The zero-order valence-electron chi connectivity index (χ0n) is 21.5. The van der Waals surface area contributed by atoms with Crippen LogP contribution >= 0.6 is 0 Å². The summed E-state index contributed by atoms with van der Waals surface area (Å²) in [6, 6.07) is 13.1. The van der Waals surface area contributed by atoms with E-state index in [9.17, 15) is 4.79 Å². The standard InChI is InChI=1S/C29H25FN8O2/c30-22-13-25-24(33-17-37(25)21-7-8-21)12-19(22)6-9-23-26-27(31)32-16-34-38(26)28(35-23)20-10-11-36(14-20)29(39)40-15-18-4-2-1-3-5-18/h1-5,12-13,16-17,20-21H,7-8,10-11,14-15H2,(H2,31,32,34)/t20-/m0/s1. The number of nitrogen functional groups attached to an aromatic ring is 1. The molecule has 1 atom stereocenters. The van der Waals surface area contributed by atoms with Crippen molar-refractivity contribution < 1.29 is 13.9 Å². The number of benzene rings is 2. The van der Waals surface area contributed by atoms with Crippen LogP contribution in [0.4, 0.5) is 15.0 Å². The lowest BCUT2D eigenvalue weighted by Gasteiger charge is -2.16. The predicted molar refractivity (Wildman–Crippen MR) is 145 cm³/mol. The Morgan fingerprint density at radius 3 is 2.80 bits per heavy atom. The molecule has 200 valence electrons. The van der Waals surface area contributed by atoms with Gasteiger partial charge in [-0.05, 0) is 36.8 Å². The minimum absolute atomic E-state index is 0.110. The summed E-state index contributed by atoms with van der Waals surface area (Å²) in [5.74, 6) is 6.20. The Morgan fingerprint density at radius 2 is 1.98 bits per heavy atom. The number of halogens is 1. The molecule has 1 saturated heterocycles. The van der Waals surface area contributed by atoms with Gasteiger partial charge in [0.15, 0.2) is 5.82 Å². The molecule has 2 N–H and O–H groups in total. The lowest BCUT2D eigenvalue weighted by Crippen LogP contribution is -2.29. The summed E-state index contributed by atoms with van der Waals surface area (Å²) in [6.07, 6.45) is 5.58. The van der Waals surface area contributed by atoms with Crippen molar-refractivity contribution in [2.45, 2.75) is 37.8 Å². The molecule has 0 unspecified atom stereocenters. The molecule has 3 aromatic heterocycles. The number of amides is 1. The Hall–Kier alpha value is -4.98. The molecule has 0 bridgehead atoms. The van der Waals surface area contributed by atoms with E-state index in [1.165, 1.54) is 12.4 Å². The summed E-state index contributed by atoms with van der Waals surface area (Å²) in [6.45, 7) is 1.14. The second-order valence-corrected chi connectivity index (χ2v) is 10.1. The number of carbonyl (C=O) groups excluding carboxylic acids is 1. The van der Waals surface area contributed by atoms with E-state index in [-0.39, 0.29) is 30.0 Å². The number of hydrogen-bond donors (Lipinski definition) is 1. The van der Waals surface area contributed by atoms with Crippen LogP contribution in [0.2, 0.25) is 0 Å². The van der Waals surface area contributed by atoms with Crippen molar-refractivity contribution in [3.63, 3.8) is 0 Å². The average molecular weight is 537 g/mol. The van der Waals surface area contributed by atoms with Crippen LogP contribution in [-0.4, -0.2) is 53.2 Å². The number of nitrogens with two attached hydrogens (primary N) is 1. The highest BCUT2D eigenvalue weighted by molar-refractivity contribution is 5.78. The number of nitrogens with zero attached hydrogens (tertiary/aromatic N) is 7.